The molecule has 1 aromatic heterocycles. The van der Waals surface area contributed by atoms with E-state index in [4.69, 9.17) is 9.15 Å². The predicted octanol–water partition coefficient (Wildman–Crippen LogP) is 2.76. The summed E-state index contributed by atoms with van der Waals surface area (Å²) in [6.07, 6.45) is 1.98. The first-order valence-electron chi connectivity index (χ1n) is 6.41. The number of methoxy groups -OCH3 is 1. The van der Waals surface area contributed by atoms with Gasteiger partial charge in [-0.1, -0.05) is 13.8 Å². The minimum absolute atomic E-state index is 0.0206. The summed E-state index contributed by atoms with van der Waals surface area (Å²) in [5, 5.41) is 3.86. The molecule has 1 amide bonds. The van der Waals surface area contributed by atoms with Crippen LogP contribution in [0.4, 0.5) is 0 Å². The fraction of sp³-hybridized carbons (Fsp3) is 0.400. The Bertz CT molecular complexity index is 572. The Morgan fingerprint density at radius 1 is 1.42 bits per heavy atom. The first kappa shape index (κ1) is 13.5. The van der Waals surface area contributed by atoms with E-state index in [1.165, 1.54) is 0 Å². The number of amides is 1. The standard InChI is InChI=1S/C15H19NO3/c1-10(2)8-16-15(17)6-11-9-19-14-7-12(18-3)4-5-13(11)14/h4-5,7,9-10H,6,8H2,1-3H3,(H,16,17). The minimum Gasteiger partial charge on any atom is -0.497 e. The van der Waals surface area contributed by atoms with E-state index in [1.807, 2.05) is 18.2 Å². The third kappa shape index (κ3) is 3.28. The number of carbonyl (C=O) groups is 1. The second-order valence-electron chi connectivity index (χ2n) is 5.00. The van der Waals surface area contributed by atoms with E-state index < -0.39 is 0 Å². The van der Waals surface area contributed by atoms with Gasteiger partial charge in [-0.3, -0.25) is 4.79 Å². The molecule has 1 N–H and O–H groups in total. The van der Waals surface area contributed by atoms with Crippen LogP contribution < -0.4 is 10.1 Å². The zero-order chi connectivity index (χ0) is 13.8. The zero-order valence-electron chi connectivity index (χ0n) is 11.5. The van der Waals surface area contributed by atoms with Crippen molar-refractivity contribution in [1.82, 2.24) is 5.32 Å². The molecule has 0 saturated carbocycles. The Morgan fingerprint density at radius 2 is 2.21 bits per heavy atom. The molecule has 0 fully saturated rings. The summed E-state index contributed by atoms with van der Waals surface area (Å²) >= 11 is 0. The van der Waals surface area contributed by atoms with Crippen LogP contribution in [-0.2, 0) is 11.2 Å². The van der Waals surface area contributed by atoms with E-state index >= 15 is 0 Å². The van der Waals surface area contributed by atoms with Crippen LogP contribution in [0.1, 0.15) is 19.4 Å². The molecule has 0 bridgehead atoms. The SMILES string of the molecule is COc1ccc2c(CC(=O)NCC(C)C)coc2c1. The van der Waals surface area contributed by atoms with Gasteiger partial charge in [0.15, 0.2) is 0 Å². The van der Waals surface area contributed by atoms with Gasteiger partial charge in [0.05, 0.1) is 19.8 Å². The lowest BCUT2D eigenvalue weighted by molar-refractivity contribution is -0.120. The number of nitrogens with one attached hydrogen (secondary N) is 1. The van der Waals surface area contributed by atoms with Crippen molar-refractivity contribution in [3.8, 4) is 5.75 Å². The molecule has 0 saturated heterocycles. The molecule has 1 heterocycles. The van der Waals surface area contributed by atoms with Crippen molar-refractivity contribution >= 4 is 16.9 Å². The summed E-state index contributed by atoms with van der Waals surface area (Å²) < 4.78 is 10.6. The summed E-state index contributed by atoms with van der Waals surface area (Å²) in [6, 6.07) is 5.61. The third-order valence-electron chi connectivity index (χ3n) is 2.92. The van der Waals surface area contributed by atoms with Crippen molar-refractivity contribution in [2.75, 3.05) is 13.7 Å². The number of carbonyl (C=O) groups excluding carboxylic acids is 1. The van der Waals surface area contributed by atoms with E-state index in [0.717, 1.165) is 22.3 Å². The zero-order valence-corrected chi connectivity index (χ0v) is 11.5. The fourth-order valence-electron chi connectivity index (χ4n) is 1.88. The van der Waals surface area contributed by atoms with E-state index in [1.54, 1.807) is 13.4 Å². The smallest absolute Gasteiger partial charge is 0.224 e. The molecular weight excluding hydrogens is 242 g/mol. The van der Waals surface area contributed by atoms with Crippen molar-refractivity contribution in [3.63, 3.8) is 0 Å². The first-order valence-corrected chi connectivity index (χ1v) is 6.41. The number of fused-ring (bicyclic) bond motifs is 1. The second-order valence-corrected chi connectivity index (χ2v) is 5.00. The molecule has 1 aromatic carbocycles. The summed E-state index contributed by atoms with van der Waals surface area (Å²) in [5.74, 6) is 1.22. The number of hydrogen-bond acceptors (Lipinski definition) is 3. The van der Waals surface area contributed by atoms with Crippen LogP contribution in [-0.4, -0.2) is 19.6 Å². The highest BCUT2D eigenvalue weighted by molar-refractivity contribution is 5.88. The van der Waals surface area contributed by atoms with Crippen molar-refractivity contribution in [1.29, 1.82) is 0 Å². The maximum Gasteiger partial charge on any atom is 0.224 e. The molecule has 0 spiro atoms. The summed E-state index contributed by atoms with van der Waals surface area (Å²) in [5.41, 5.74) is 1.64. The molecule has 0 radical (unpaired) electrons. The minimum atomic E-state index is 0.0206. The molecule has 4 heteroatoms. The van der Waals surface area contributed by atoms with Gasteiger partial charge in [-0.25, -0.2) is 0 Å². The monoisotopic (exact) mass is 261 g/mol. The molecule has 0 aliphatic rings. The van der Waals surface area contributed by atoms with Crippen LogP contribution in [0.15, 0.2) is 28.9 Å². The lowest BCUT2D eigenvalue weighted by Crippen LogP contribution is -2.28. The Morgan fingerprint density at radius 3 is 2.89 bits per heavy atom. The number of benzene rings is 1. The summed E-state index contributed by atoms with van der Waals surface area (Å²) in [4.78, 5) is 11.8. The number of hydrogen-bond donors (Lipinski definition) is 1. The highest BCUT2D eigenvalue weighted by Gasteiger charge is 2.11. The molecule has 102 valence electrons. The van der Waals surface area contributed by atoms with E-state index in [2.05, 4.69) is 19.2 Å². The quantitative estimate of drug-likeness (QED) is 0.900. The van der Waals surface area contributed by atoms with Crippen LogP contribution in [0.3, 0.4) is 0 Å². The van der Waals surface area contributed by atoms with Crippen LogP contribution in [0.5, 0.6) is 5.75 Å². The average molecular weight is 261 g/mol. The van der Waals surface area contributed by atoms with Gasteiger partial charge >= 0.3 is 0 Å². The van der Waals surface area contributed by atoms with E-state index in [9.17, 15) is 4.79 Å². The van der Waals surface area contributed by atoms with Gasteiger partial charge in [-0.2, -0.15) is 0 Å². The molecule has 0 aliphatic carbocycles. The maximum atomic E-state index is 11.8. The molecular formula is C15H19NO3. The predicted molar refractivity (Wildman–Crippen MR) is 74.3 cm³/mol. The van der Waals surface area contributed by atoms with Crippen LogP contribution in [0, 0.1) is 5.92 Å². The van der Waals surface area contributed by atoms with Gasteiger partial charge in [0.25, 0.3) is 0 Å². The van der Waals surface area contributed by atoms with Crippen molar-refractivity contribution in [2.24, 2.45) is 5.92 Å². The largest absolute Gasteiger partial charge is 0.497 e. The molecule has 0 atom stereocenters. The topological polar surface area (TPSA) is 51.5 Å². The van der Waals surface area contributed by atoms with Crippen LogP contribution >= 0.6 is 0 Å². The van der Waals surface area contributed by atoms with Crippen LogP contribution in [0.2, 0.25) is 0 Å². The Kier molecular flexibility index (Phi) is 4.10. The first-order chi connectivity index (χ1) is 9.10. The van der Waals surface area contributed by atoms with Crippen LogP contribution in [0.25, 0.3) is 11.0 Å². The van der Waals surface area contributed by atoms with Crippen molar-refractivity contribution in [3.05, 3.63) is 30.0 Å². The van der Waals surface area contributed by atoms with Crippen molar-refractivity contribution in [2.45, 2.75) is 20.3 Å². The molecule has 0 aliphatic heterocycles. The van der Waals surface area contributed by atoms with Gasteiger partial charge < -0.3 is 14.5 Å². The van der Waals surface area contributed by atoms with Gasteiger partial charge in [0.1, 0.15) is 11.3 Å². The number of ether oxygens (including phenoxy) is 1. The van der Waals surface area contributed by atoms with Crippen molar-refractivity contribution < 1.29 is 13.9 Å². The van der Waals surface area contributed by atoms with Gasteiger partial charge in [-0.15, -0.1) is 0 Å². The average Bonchev–Trinajstić information content (AvgIpc) is 2.78. The lowest BCUT2D eigenvalue weighted by atomic mass is 10.1. The second kappa shape index (κ2) is 5.78. The molecule has 19 heavy (non-hydrogen) atoms. The Labute approximate surface area is 112 Å². The summed E-state index contributed by atoms with van der Waals surface area (Å²) in [6.45, 7) is 4.84. The third-order valence-corrected chi connectivity index (χ3v) is 2.92. The lowest BCUT2D eigenvalue weighted by Gasteiger charge is -2.06. The van der Waals surface area contributed by atoms with Gasteiger partial charge in [0, 0.05) is 23.6 Å². The summed E-state index contributed by atoms with van der Waals surface area (Å²) in [7, 11) is 1.62. The molecule has 2 rings (SSSR count). The normalized spacial score (nSPS) is 10.9. The highest BCUT2D eigenvalue weighted by Crippen LogP contribution is 2.25. The van der Waals surface area contributed by atoms with Gasteiger partial charge in [-0.05, 0) is 18.1 Å². The highest BCUT2D eigenvalue weighted by atomic mass is 16.5. The molecule has 4 nitrogen and oxygen atoms in total. The number of rotatable bonds is 5. The fourth-order valence-corrected chi connectivity index (χ4v) is 1.88. The van der Waals surface area contributed by atoms with Gasteiger partial charge in [0.2, 0.25) is 5.91 Å². The Balaban J connectivity index is 2.11. The maximum absolute atomic E-state index is 11.8. The van der Waals surface area contributed by atoms with E-state index in [0.29, 0.717) is 18.9 Å². The van der Waals surface area contributed by atoms with E-state index in [-0.39, 0.29) is 5.91 Å². The molecule has 2 aromatic rings. The molecule has 0 unspecified atom stereocenters. The Hall–Kier alpha value is -1.97. The number of furan rings is 1.